The molecular formula is C22H21N5O4S. The Morgan fingerprint density at radius 2 is 1.69 bits per heavy atom. The number of aromatic nitrogens is 4. The Morgan fingerprint density at radius 1 is 1.00 bits per heavy atom. The van der Waals surface area contributed by atoms with Crippen LogP contribution in [0, 0.1) is 13.8 Å². The van der Waals surface area contributed by atoms with Gasteiger partial charge in [0.1, 0.15) is 23.4 Å². The molecule has 10 heteroatoms. The molecule has 4 aromatic rings. The Bertz CT molecular complexity index is 1220. The molecule has 0 spiro atoms. The van der Waals surface area contributed by atoms with Crippen molar-refractivity contribution < 1.29 is 19.7 Å². The van der Waals surface area contributed by atoms with Crippen LogP contribution in [0.4, 0.5) is 10.9 Å². The third kappa shape index (κ3) is 4.99. The molecule has 1 unspecified atom stereocenters. The van der Waals surface area contributed by atoms with Gasteiger partial charge in [-0.05, 0) is 38.1 Å². The Morgan fingerprint density at radius 3 is 2.34 bits per heavy atom. The van der Waals surface area contributed by atoms with Gasteiger partial charge in [0, 0.05) is 23.8 Å². The summed E-state index contributed by atoms with van der Waals surface area (Å²) >= 11 is 1.27. The van der Waals surface area contributed by atoms with Gasteiger partial charge in [-0.25, -0.2) is 9.97 Å². The summed E-state index contributed by atoms with van der Waals surface area (Å²) < 4.78 is 12.1. The average molecular weight is 452 g/mol. The fourth-order valence-electron chi connectivity index (χ4n) is 2.75. The highest BCUT2D eigenvalue weighted by molar-refractivity contribution is 7.13. The van der Waals surface area contributed by atoms with Gasteiger partial charge in [0.25, 0.3) is 0 Å². The third-order valence-corrected chi connectivity index (χ3v) is 5.23. The van der Waals surface area contributed by atoms with Gasteiger partial charge < -0.3 is 25.0 Å². The number of hydrogen-bond acceptors (Lipinski definition) is 10. The smallest absolute Gasteiger partial charge is 0.188 e. The number of hydrogen-bond donors (Lipinski definition) is 3. The molecule has 0 aliphatic heterocycles. The normalized spacial score (nSPS) is 11.8. The first-order valence-electron chi connectivity index (χ1n) is 9.74. The lowest BCUT2D eigenvalue weighted by Crippen LogP contribution is -2.03. The summed E-state index contributed by atoms with van der Waals surface area (Å²) in [7, 11) is 0. The largest absolute Gasteiger partial charge is 0.454 e. The monoisotopic (exact) mass is 451 g/mol. The molecule has 4 rings (SSSR count). The lowest BCUT2D eigenvalue weighted by atomic mass is 10.3. The van der Waals surface area contributed by atoms with Crippen LogP contribution in [0.1, 0.15) is 23.2 Å². The van der Waals surface area contributed by atoms with E-state index in [1.807, 2.05) is 26.0 Å². The first-order valence-corrected chi connectivity index (χ1v) is 10.6. The quantitative estimate of drug-likeness (QED) is 0.360. The van der Waals surface area contributed by atoms with Crippen molar-refractivity contribution in [2.24, 2.45) is 0 Å². The Hall–Kier alpha value is -3.60. The van der Waals surface area contributed by atoms with E-state index >= 15 is 0 Å². The van der Waals surface area contributed by atoms with Crippen LogP contribution in [0.5, 0.6) is 23.0 Å². The molecule has 0 radical (unpaired) electrons. The summed E-state index contributed by atoms with van der Waals surface area (Å²) in [4.78, 5) is 17.2. The van der Waals surface area contributed by atoms with Crippen LogP contribution in [0.3, 0.4) is 0 Å². The topological polar surface area (TPSA) is 123 Å². The lowest BCUT2D eigenvalue weighted by molar-refractivity contribution is 0.0928. The molecule has 164 valence electrons. The van der Waals surface area contributed by atoms with Crippen molar-refractivity contribution in [1.29, 1.82) is 0 Å². The minimum absolute atomic E-state index is 0.373. The zero-order valence-electron chi connectivity index (χ0n) is 17.4. The summed E-state index contributed by atoms with van der Waals surface area (Å²) in [5.41, 5.74) is 1.84. The van der Waals surface area contributed by atoms with Crippen molar-refractivity contribution in [3.63, 3.8) is 0 Å². The summed E-state index contributed by atoms with van der Waals surface area (Å²) in [6.45, 7) is 3.30. The first-order chi connectivity index (χ1) is 15.5. The number of pyridine rings is 3. The van der Waals surface area contributed by atoms with Gasteiger partial charge in [-0.2, -0.15) is 0 Å². The fourth-order valence-corrected chi connectivity index (χ4v) is 3.50. The number of thiazole rings is 1. The third-order valence-electron chi connectivity index (χ3n) is 4.45. The predicted octanol–water partition coefficient (Wildman–Crippen LogP) is 4.30. The van der Waals surface area contributed by atoms with Crippen LogP contribution in [-0.4, -0.2) is 36.8 Å². The molecule has 0 fully saturated rings. The summed E-state index contributed by atoms with van der Waals surface area (Å²) in [5.74, 6) is 2.46. The Labute approximate surface area is 188 Å². The summed E-state index contributed by atoms with van der Waals surface area (Å²) in [6, 6.07) is 8.92. The Balaban J connectivity index is 1.66. The molecule has 0 aliphatic rings. The highest BCUT2D eigenvalue weighted by atomic mass is 32.1. The van der Waals surface area contributed by atoms with E-state index in [2.05, 4.69) is 25.3 Å². The SMILES string of the molecule is Cc1ncccc1Oc1cnc(Nc2nc(C(O)CO)cs2)c(Oc2cccnc2C)c1. The second-order valence-electron chi connectivity index (χ2n) is 6.80. The van der Waals surface area contributed by atoms with Crippen molar-refractivity contribution in [3.8, 4) is 23.0 Å². The maximum absolute atomic E-state index is 9.79. The van der Waals surface area contributed by atoms with Crippen LogP contribution < -0.4 is 14.8 Å². The summed E-state index contributed by atoms with van der Waals surface area (Å²) in [6.07, 6.45) is 3.91. The number of nitrogens with zero attached hydrogens (tertiary/aromatic N) is 4. The van der Waals surface area contributed by atoms with Crippen LogP contribution in [0.2, 0.25) is 0 Å². The van der Waals surface area contributed by atoms with Gasteiger partial charge in [-0.15, -0.1) is 11.3 Å². The van der Waals surface area contributed by atoms with E-state index in [0.717, 1.165) is 11.4 Å². The molecule has 4 aromatic heterocycles. The molecule has 32 heavy (non-hydrogen) atoms. The number of ether oxygens (including phenoxy) is 2. The van der Waals surface area contributed by atoms with Crippen molar-refractivity contribution in [3.05, 3.63) is 71.4 Å². The molecule has 0 aromatic carbocycles. The van der Waals surface area contributed by atoms with E-state index in [9.17, 15) is 5.11 Å². The molecule has 4 heterocycles. The van der Waals surface area contributed by atoms with Gasteiger partial charge in [0.05, 0.1) is 29.9 Å². The van der Waals surface area contributed by atoms with Crippen molar-refractivity contribution in [2.75, 3.05) is 11.9 Å². The molecule has 9 nitrogen and oxygen atoms in total. The number of aryl methyl sites for hydroxylation is 2. The van der Waals surface area contributed by atoms with Crippen LogP contribution in [0.25, 0.3) is 0 Å². The molecule has 0 saturated heterocycles. The number of rotatable bonds is 8. The number of aliphatic hydroxyl groups excluding tert-OH is 2. The predicted molar refractivity (Wildman–Crippen MR) is 120 cm³/mol. The molecule has 0 bridgehead atoms. The minimum Gasteiger partial charge on any atom is -0.454 e. The maximum Gasteiger partial charge on any atom is 0.188 e. The van der Waals surface area contributed by atoms with Crippen LogP contribution in [0.15, 0.2) is 54.3 Å². The zero-order chi connectivity index (χ0) is 22.5. The summed E-state index contributed by atoms with van der Waals surface area (Å²) in [5, 5.41) is 24.2. The van der Waals surface area contributed by atoms with Gasteiger partial charge in [0.2, 0.25) is 0 Å². The van der Waals surface area contributed by atoms with E-state index in [4.69, 9.17) is 14.6 Å². The highest BCUT2D eigenvalue weighted by Gasteiger charge is 2.16. The first kappa shape index (κ1) is 21.6. The molecule has 0 aliphatic carbocycles. The van der Waals surface area contributed by atoms with Gasteiger partial charge in [-0.3, -0.25) is 9.97 Å². The molecule has 1 atom stereocenters. The zero-order valence-corrected chi connectivity index (χ0v) is 18.2. The van der Waals surface area contributed by atoms with Crippen molar-refractivity contribution in [1.82, 2.24) is 19.9 Å². The average Bonchev–Trinajstić information content (AvgIpc) is 3.26. The van der Waals surface area contributed by atoms with E-state index in [0.29, 0.717) is 39.6 Å². The second-order valence-corrected chi connectivity index (χ2v) is 7.65. The number of anilines is 2. The fraction of sp³-hybridized carbons (Fsp3) is 0.182. The van der Waals surface area contributed by atoms with Crippen LogP contribution >= 0.6 is 11.3 Å². The lowest BCUT2D eigenvalue weighted by Gasteiger charge is -2.14. The van der Waals surface area contributed by atoms with Crippen molar-refractivity contribution in [2.45, 2.75) is 20.0 Å². The van der Waals surface area contributed by atoms with Gasteiger partial charge in [-0.1, -0.05) is 0 Å². The van der Waals surface area contributed by atoms with Crippen molar-refractivity contribution >= 4 is 22.3 Å². The maximum atomic E-state index is 9.79. The Kier molecular flexibility index (Phi) is 6.55. The van der Waals surface area contributed by atoms with E-state index in [-0.39, 0.29) is 0 Å². The molecule has 3 N–H and O–H groups in total. The van der Waals surface area contributed by atoms with Crippen LogP contribution in [-0.2, 0) is 0 Å². The van der Waals surface area contributed by atoms with Gasteiger partial charge >= 0.3 is 0 Å². The second kappa shape index (κ2) is 9.69. The molecule has 0 amide bonds. The highest BCUT2D eigenvalue weighted by Crippen LogP contribution is 2.36. The van der Waals surface area contributed by atoms with E-state index in [1.54, 1.807) is 42.2 Å². The number of nitrogens with one attached hydrogen (secondary N) is 1. The minimum atomic E-state index is -1.04. The van der Waals surface area contributed by atoms with E-state index in [1.165, 1.54) is 11.3 Å². The van der Waals surface area contributed by atoms with Gasteiger partial charge in [0.15, 0.2) is 16.7 Å². The standard InChI is InChI=1S/C22H21N5O4S/c1-13-18(5-3-7-23-13)30-15-9-20(31-19-6-4-8-24-14(19)2)21(25-10-15)27-22-26-16(12-32-22)17(29)11-28/h3-10,12,17,28-29H,11H2,1-2H3,(H,25,26,27). The molecular weight excluding hydrogens is 430 g/mol. The molecule has 0 saturated carbocycles. The number of aliphatic hydroxyl groups is 2. The van der Waals surface area contributed by atoms with E-state index < -0.39 is 12.7 Å².